The summed E-state index contributed by atoms with van der Waals surface area (Å²) in [4.78, 5) is 55.1. The van der Waals surface area contributed by atoms with Crippen molar-refractivity contribution in [1.29, 1.82) is 0 Å². The highest BCUT2D eigenvalue weighted by atomic mass is 16.7. The number of aliphatic carboxylic acids is 1. The van der Waals surface area contributed by atoms with Crippen LogP contribution in [0.15, 0.2) is 42.5 Å². The van der Waals surface area contributed by atoms with E-state index in [0.717, 1.165) is 31.2 Å². The first-order chi connectivity index (χ1) is 21.4. The number of morpholine rings is 1. The van der Waals surface area contributed by atoms with Gasteiger partial charge in [-0.15, -0.1) is 0 Å². The molecule has 2 N–H and O–H groups in total. The molecular weight excluding hydrogens is 570 g/mol. The van der Waals surface area contributed by atoms with Gasteiger partial charge in [0.1, 0.15) is 17.8 Å². The van der Waals surface area contributed by atoms with Crippen LogP contribution in [-0.4, -0.2) is 90.0 Å². The molecule has 0 spiro atoms. The van der Waals surface area contributed by atoms with Gasteiger partial charge in [0.2, 0.25) is 18.6 Å². The number of amides is 3. The standard InChI is InChI=1S/C32H37N3O9/c36-28(12-4-21-3-11-26-27(18-21)43-19-42-26)35-23-7-5-22(6-8-23)29(35)30(37)33-25(31(38)39)17-20-1-9-24(10-2-20)44-32(40)34-13-15-41-16-14-34/h1-3,9-11,18,22-23,25,29H,4-8,12-17,19H2,(H,33,37)(H,38,39)/t22?,23?,25?,29-/m0/s1. The molecule has 234 valence electrons. The molecule has 2 aromatic carbocycles. The topological polar surface area (TPSA) is 144 Å². The summed E-state index contributed by atoms with van der Waals surface area (Å²) in [6, 6.07) is 10.3. The van der Waals surface area contributed by atoms with Crippen molar-refractivity contribution in [2.75, 3.05) is 33.1 Å². The molecule has 4 heterocycles. The van der Waals surface area contributed by atoms with Crippen LogP contribution in [0.3, 0.4) is 0 Å². The highest BCUT2D eigenvalue weighted by Crippen LogP contribution is 2.40. The van der Waals surface area contributed by atoms with Crippen molar-refractivity contribution >= 4 is 23.9 Å². The zero-order valence-corrected chi connectivity index (χ0v) is 24.4. The lowest BCUT2D eigenvalue weighted by Crippen LogP contribution is -2.64. The number of fused-ring (bicyclic) bond motifs is 4. The molecule has 7 rings (SSSR count). The summed E-state index contributed by atoms with van der Waals surface area (Å²) in [7, 11) is 0. The SMILES string of the molecule is O=C(O)C(Cc1ccc(OC(=O)N2CCOCC2)cc1)NC(=O)[C@@H]1C2CCC(CC2)N1C(=O)CCc1ccc2c(c1)OCO2. The molecule has 2 atom stereocenters. The molecule has 44 heavy (non-hydrogen) atoms. The van der Waals surface area contributed by atoms with Gasteiger partial charge < -0.3 is 39.2 Å². The predicted octanol–water partition coefficient (Wildman–Crippen LogP) is 2.76. The van der Waals surface area contributed by atoms with Crippen LogP contribution in [0.4, 0.5) is 4.79 Å². The summed E-state index contributed by atoms with van der Waals surface area (Å²) < 4.78 is 21.5. The number of aryl methyl sites for hydroxylation is 1. The maximum Gasteiger partial charge on any atom is 0.415 e. The minimum absolute atomic E-state index is 0.00984. The quantitative estimate of drug-likeness (QED) is 0.440. The lowest BCUT2D eigenvalue weighted by molar-refractivity contribution is -0.154. The number of hydrogen-bond donors (Lipinski definition) is 2. The molecule has 4 aliphatic heterocycles. The lowest BCUT2D eigenvalue weighted by atomic mass is 9.74. The van der Waals surface area contributed by atoms with E-state index in [-0.39, 0.29) is 37.5 Å². The molecule has 4 fully saturated rings. The van der Waals surface area contributed by atoms with Crippen molar-refractivity contribution < 1.29 is 43.2 Å². The smallest absolute Gasteiger partial charge is 0.415 e. The molecule has 3 saturated heterocycles. The van der Waals surface area contributed by atoms with E-state index in [9.17, 15) is 24.3 Å². The Morgan fingerprint density at radius 1 is 0.932 bits per heavy atom. The van der Waals surface area contributed by atoms with Gasteiger partial charge in [0, 0.05) is 32.0 Å². The molecule has 0 aromatic heterocycles. The van der Waals surface area contributed by atoms with Gasteiger partial charge in [-0.25, -0.2) is 9.59 Å². The van der Waals surface area contributed by atoms with E-state index in [1.165, 1.54) is 0 Å². The number of carboxylic acids is 1. The summed E-state index contributed by atoms with van der Waals surface area (Å²) >= 11 is 0. The van der Waals surface area contributed by atoms with Crippen LogP contribution in [0.25, 0.3) is 0 Å². The van der Waals surface area contributed by atoms with E-state index in [4.69, 9.17) is 18.9 Å². The fourth-order valence-corrected chi connectivity index (χ4v) is 6.62. The van der Waals surface area contributed by atoms with Crippen molar-refractivity contribution in [3.05, 3.63) is 53.6 Å². The van der Waals surface area contributed by atoms with Gasteiger partial charge in [-0.3, -0.25) is 9.59 Å². The number of piperidine rings is 2. The van der Waals surface area contributed by atoms with E-state index >= 15 is 0 Å². The highest BCUT2D eigenvalue weighted by molar-refractivity contribution is 5.91. The molecule has 2 bridgehead atoms. The maximum absolute atomic E-state index is 13.7. The van der Waals surface area contributed by atoms with Crippen molar-refractivity contribution in [1.82, 2.24) is 15.1 Å². The zero-order chi connectivity index (χ0) is 30.6. The Morgan fingerprint density at radius 3 is 2.36 bits per heavy atom. The van der Waals surface area contributed by atoms with E-state index < -0.39 is 30.1 Å². The molecular formula is C32H37N3O9. The number of ether oxygens (including phenoxy) is 4. The van der Waals surface area contributed by atoms with Crippen LogP contribution in [-0.2, 0) is 32.0 Å². The second-order valence-corrected chi connectivity index (χ2v) is 11.7. The fraction of sp³-hybridized carbons (Fsp3) is 0.500. The number of carboxylic acid groups (broad SMARTS) is 1. The number of hydrogen-bond acceptors (Lipinski definition) is 8. The van der Waals surface area contributed by atoms with Crippen LogP contribution in [0.2, 0.25) is 0 Å². The van der Waals surface area contributed by atoms with Gasteiger partial charge in [0.25, 0.3) is 0 Å². The number of rotatable bonds is 9. The minimum atomic E-state index is -1.18. The summed E-state index contributed by atoms with van der Waals surface area (Å²) in [5.74, 6) is -0.0269. The Bertz CT molecular complexity index is 1380. The number of nitrogens with zero attached hydrogens (tertiary/aromatic N) is 2. The molecule has 1 unspecified atom stereocenters. The van der Waals surface area contributed by atoms with Crippen LogP contribution in [0, 0.1) is 5.92 Å². The van der Waals surface area contributed by atoms with Gasteiger partial charge in [-0.05, 0) is 73.4 Å². The predicted molar refractivity (Wildman–Crippen MR) is 155 cm³/mol. The third-order valence-corrected chi connectivity index (χ3v) is 8.95. The largest absolute Gasteiger partial charge is 0.480 e. The summed E-state index contributed by atoms with van der Waals surface area (Å²) in [5, 5.41) is 12.7. The molecule has 12 heteroatoms. The summed E-state index contributed by atoms with van der Waals surface area (Å²) in [5.41, 5.74) is 1.60. The first kappa shape index (κ1) is 29.7. The molecule has 12 nitrogen and oxygen atoms in total. The first-order valence-corrected chi connectivity index (χ1v) is 15.2. The number of benzene rings is 2. The average Bonchev–Trinajstić information content (AvgIpc) is 3.52. The molecule has 2 aromatic rings. The average molecular weight is 608 g/mol. The summed E-state index contributed by atoms with van der Waals surface area (Å²) in [6.07, 6.45) is 3.65. The second kappa shape index (κ2) is 13.1. The van der Waals surface area contributed by atoms with E-state index in [2.05, 4.69) is 5.32 Å². The third-order valence-electron chi connectivity index (χ3n) is 8.95. The molecule has 3 amide bonds. The Labute approximate surface area is 255 Å². The minimum Gasteiger partial charge on any atom is -0.480 e. The van der Waals surface area contributed by atoms with Crippen LogP contribution >= 0.6 is 0 Å². The Hall–Kier alpha value is -4.32. The van der Waals surface area contributed by atoms with E-state index in [1.54, 1.807) is 34.1 Å². The maximum atomic E-state index is 13.7. The van der Waals surface area contributed by atoms with Crippen molar-refractivity contribution in [2.24, 2.45) is 5.92 Å². The van der Waals surface area contributed by atoms with E-state index in [0.29, 0.717) is 55.5 Å². The fourth-order valence-electron chi connectivity index (χ4n) is 6.62. The first-order valence-electron chi connectivity index (χ1n) is 15.2. The lowest BCUT2D eigenvalue weighted by Gasteiger charge is -2.50. The van der Waals surface area contributed by atoms with Crippen molar-refractivity contribution in [3.63, 3.8) is 0 Å². The van der Waals surface area contributed by atoms with Gasteiger partial charge in [-0.2, -0.15) is 0 Å². The van der Waals surface area contributed by atoms with Gasteiger partial charge in [0.05, 0.1) is 13.2 Å². The number of carbonyl (C=O) groups is 4. The van der Waals surface area contributed by atoms with E-state index in [1.807, 2.05) is 18.2 Å². The van der Waals surface area contributed by atoms with Crippen molar-refractivity contribution in [3.8, 4) is 17.2 Å². The Kier molecular flexibility index (Phi) is 8.87. The number of carbonyl (C=O) groups excluding carboxylic acids is 3. The van der Waals surface area contributed by atoms with Gasteiger partial charge >= 0.3 is 12.1 Å². The van der Waals surface area contributed by atoms with Crippen LogP contribution in [0.1, 0.15) is 43.2 Å². The third kappa shape index (κ3) is 6.59. The van der Waals surface area contributed by atoms with Gasteiger partial charge in [-0.1, -0.05) is 18.2 Å². The highest BCUT2D eigenvalue weighted by Gasteiger charge is 2.47. The van der Waals surface area contributed by atoms with Crippen molar-refractivity contribution in [2.45, 2.75) is 63.1 Å². The Morgan fingerprint density at radius 2 is 1.64 bits per heavy atom. The van der Waals surface area contributed by atoms with Crippen LogP contribution in [0.5, 0.6) is 17.2 Å². The molecule has 0 radical (unpaired) electrons. The molecule has 1 saturated carbocycles. The Balaban J connectivity index is 1.08. The van der Waals surface area contributed by atoms with Gasteiger partial charge in [0.15, 0.2) is 11.5 Å². The zero-order valence-electron chi connectivity index (χ0n) is 24.4. The second-order valence-electron chi connectivity index (χ2n) is 11.7. The molecule has 5 aliphatic rings. The normalized spacial score (nSPS) is 22.8. The molecule has 1 aliphatic carbocycles. The summed E-state index contributed by atoms with van der Waals surface area (Å²) in [6.45, 7) is 2.03. The number of nitrogens with one attached hydrogen (secondary N) is 1. The monoisotopic (exact) mass is 607 g/mol. The van der Waals surface area contributed by atoms with Crippen LogP contribution < -0.4 is 19.5 Å².